The molecule has 0 aliphatic carbocycles. The number of piperidine rings is 1. The number of anilines is 1. The van der Waals surface area contributed by atoms with Gasteiger partial charge in [0, 0.05) is 42.5 Å². The zero-order chi connectivity index (χ0) is 22.2. The summed E-state index contributed by atoms with van der Waals surface area (Å²) >= 11 is 0. The molecule has 7 nitrogen and oxygen atoms in total. The lowest BCUT2D eigenvalue weighted by atomic mass is 10.0. The third-order valence-electron chi connectivity index (χ3n) is 5.43. The molecule has 0 aromatic heterocycles. The summed E-state index contributed by atoms with van der Waals surface area (Å²) in [6, 6.07) is 14.6. The minimum atomic E-state index is -0.159. The van der Waals surface area contributed by atoms with Crippen LogP contribution in [0.2, 0.25) is 0 Å². The molecule has 3 amide bonds. The highest BCUT2D eigenvalue weighted by Gasteiger charge is 2.23. The van der Waals surface area contributed by atoms with Crippen molar-refractivity contribution < 1.29 is 14.4 Å². The third-order valence-corrected chi connectivity index (χ3v) is 5.43. The van der Waals surface area contributed by atoms with Crippen LogP contribution in [0, 0.1) is 6.92 Å². The predicted octanol–water partition coefficient (Wildman–Crippen LogP) is 2.58. The van der Waals surface area contributed by atoms with Gasteiger partial charge in [-0.15, -0.1) is 0 Å². The molecule has 0 atom stereocenters. The molecule has 31 heavy (non-hydrogen) atoms. The molecule has 164 valence electrons. The van der Waals surface area contributed by atoms with Crippen molar-refractivity contribution in [3.63, 3.8) is 0 Å². The first-order valence-electron chi connectivity index (χ1n) is 10.7. The molecule has 0 spiro atoms. The number of nitrogens with one attached hydrogen (secondary N) is 3. The average Bonchev–Trinajstić information content (AvgIpc) is 2.75. The number of nitrogens with zero attached hydrogens (tertiary/aromatic N) is 1. The second-order valence-corrected chi connectivity index (χ2v) is 7.83. The molecule has 1 aliphatic rings. The molecule has 0 saturated carbocycles. The molecule has 1 aliphatic heterocycles. The molecule has 1 heterocycles. The molecule has 2 aromatic carbocycles. The van der Waals surface area contributed by atoms with Crippen molar-refractivity contribution in [1.82, 2.24) is 15.5 Å². The minimum Gasteiger partial charge on any atom is -0.352 e. The molecule has 0 bridgehead atoms. The van der Waals surface area contributed by atoms with E-state index in [2.05, 4.69) is 20.9 Å². The van der Waals surface area contributed by atoms with E-state index < -0.39 is 0 Å². The maximum absolute atomic E-state index is 12.5. The lowest BCUT2D eigenvalue weighted by Gasteiger charge is -2.32. The summed E-state index contributed by atoms with van der Waals surface area (Å²) in [5, 5.41) is 8.73. The molecule has 0 unspecified atom stereocenters. The monoisotopic (exact) mass is 422 g/mol. The van der Waals surface area contributed by atoms with Crippen molar-refractivity contribution in [2.45, 2.75) is 32.7 Å². The lowest BCUT2D eigenvalue weighted by Crippen LogP contribution is -2.46. The first kappa shape index (κ1) is 22.5. The lowest BCUT2D eigenvalue weighted by molar-refractivity contribution is -0.117. The summed E-state index contributed by atoms with van der Waals surface area (Å²) in [5.74, 6) is -0.315. The van der Waals surface area contributed by atoms with Crippen molar-refractivity contribution in [3.05, 3.63) is 65.2 Å². The number of hydrogen-bond acceptors (Lipinski definition) is 4. The number of hydrogen-bond donors (Lipinski definition) is 3. The fourth-order valence-corrected chi connectivity index (χ4v) is 3.73. The second-order valence-electron chi connectivity index (χ2n) is 7.83. The van der Waals surface area contributed by atoms with Crippen molar-refractivity contribution in [2.75, 3.05) is 31.5 Å². The summed E-state index contributed by atoms with van der Waals surface area (Å²) in [6.07, 6.45) is 1.61. The number of likely N-dealkylation sites (tertiary alicyclic amines) is 1. The van der Waals surface area contributed by atoms with Crippen LogP contribution in [-0.2, 0) is 4.79 Å². The first-order valence-corrected chi connectivity index (χ1v) is 10.7. The van der Waals surface area contributed by atoms with Crippen molar-refractivity contribution in [1.29, 1.82) is 0 Å². The Labute approximate surface area is 183 Å². The van der Waals surface area contributed by atoms with E-state index in [4.69, 9.17) is 0 Å². The van der Waals surface area contributed by atoms with E-state index in [1.54, 1.807) is 24.3 Å². The average molecular weight is 423 g/mol. The number of rotatable bonds is 7. The van der Waals surface area contributed by atoms with Gasteiger partial charge in [-0.05, 0) is 56.5 Å². The summed E-state index contributed by atoms with van der Waals surface area (Å²) in [5.41, 5.74) is 2.79. The Hall–Kier alpha value is -3.19. The van der Waals surface area contributed by atoms with Crippen molar-refractivity contribution >= 4 is 23.4 Å². The van der Waals surface area contributed by atoms with Gasteiger partial charge >= 0.3 is 0 Å². The Balaban J connectivity index is 1.45. The molecular weight excluding hydrogens is 392 g/mol. The van der Waals surface area contributed by atoms with Crippen LogP contribution in [0.3, 0.4) is 0 Å². The van der Waals surface area contributed by atoms with Gasteiger partial charge in [0.25, 0.3) is 11.8 Å². The van der Waals surface area contributed by atoms with Crippen LogP contribution < -0.4 is 16.0 Å². The molecular formula is C24H30N4O3. The largest absolute Gasteiger partial charge is 0.352 e. The van der Waals surface area contributed by atoms with Gasteiger partial charge < -0.3 is 16.0 Å². The van der Waals surface area contributed by atoms with Gasteiger partial charge in [-0.1, -0.05) is 24.3 Å². The summed E-state index contributed by atoms with van der Waals surface area (Å²) < 4.78 is 0. The summed E-state index contributed by atoms with van der Waals surface area (Å²) in [4.78, 5) is 39.0. The quantitative estimate of drug-likeness (QED) is 0.640. The Bertz CT molecular complexity index is 936. The van der Waals surface area contributed by atoms with Crippen LogP contribution in [-0.4, -0.2) is 54.8 Å². The van der Waals surface area contributed by atoms with Crippen LogP contribution in [0.4, 0.5) is 5.69 Å². The van der Waals surface area contributed by atoms with Crippen LogP contribution in [0.25, 0.3) is 0 Å². The fraction of sp³-hybridized carbons (Fsp3) is 0.375. The standard InChI is InChI=1S/C24H30N4O3/c1-3-25-23(30)18-8-6-9-20(15-18)26-22(29)16-28-13-11-19(12-14-28)27-24(31)21-10-5-4-7-17(21)2/h4-10,15,19H,3,11-14,16H2,1-2H3,(H,25,30)(H,26,29)(H,27,31). The zero-order valence-electron chi connectivity index (χ0n) is 18.1. The number of carbonyl (C=O) groups excluding carboxylic acids is 3. The smallest absolute Gasteiger partial charge is 0.251 e. The van der Waals surface area contributed by atoms with E-state index in [1.165, 1.54) is 0 Å². The number of amides is 3. The number of carbonyl (C=O) groups is 3. The van der Waals surface area contributed by atoms with Gasteiger partial charge in [0.1, 0.15) is 0 Å². The molecule has 1 fully saturated rings. The predicted molar refractivity (Wildman–Crippen MR) is 121 cm³/mol. The van der Waals surface area contributed by atoms with Crippen LogP contribution in [0.15, 0.2) is 48.5 Å². The highest BCUT2D eigenvalue weighted by Crippen LogP contribution is 2.14. The van der Waals surface area contributed by atoms with Crippen LogP contribution in [0.1, 0.15) is 46.0 Å². The molecule has 3 N–H and O–H groups in total. The zero-order valence-corrected chi connectivity index (χ0v) is 18.1. The minimum absolute atomic E-state index is 0.0405. The van der Waals surface area contributed by atoms with Gasteiger partial charge in [0.15, 0.2) is 0 Å². The highest BCUT2D eigenvalue weighted by atomic mass is 16.2. The van der Waals surface area contributed by atoms with E-state index in [0.29, 0.717) is 23.4 Å². The van der Waals surface area contributed by atoms with Crippen molar-refractivity contribution in [3.8, 4) is 0 Å². The summed E-state index contributed by atoms with van der Waals surface area (Å²) in [6.45, 7) is 6.11. The van der Waals surface area contributed by atoms with Gasteiger partial charge in [-0.3, -0.25) is 19.3 Å². The SMILES string of the molecule is CCNC(=O)c1cccc(NC(=O)CN2CCC(NC(=O)c3ccccc3C)CC2)c1. The maximum Gasteiger partial charge on any atom is 0.251 e. The van der Waals surface area contributed by atoms with Gasteiger partial charge in [-0.2, -0.15) is 0 Å². The second kappa shape index (κ2) is 10.7. The van der Waals surface area contributed by atoms with Gasteiger partial charge in [-0.25, -0.2) is 0 Å². The maximum atomic E-state index is 12.5. The van der Waals surface area contributed by atoms with E-state index in [9.17, 15) is 14.4 Å². The molecule has 3 rings (SSSR count). The first-order chi connectivity index (χ1) is 15.0. The van der Waals surface area contributed by atoms with Crippen molar-refractivity contribution in [2.24, 2.45) is 0 Å². The number of benzene rings is 2. The third kappa shape index (κ3) is 6.39. The number of aryl methyl sites for hydroxylation is 1. The highest BCUT2D eigenvalue weighted by molar-refractivity contribution is 5.97. The van der Waals surface area contributed by atoms with E-state index in [-0.39, 0.29) is 30.3 Å². The molecule has 2 aromatic rings. The van der Waals surface area contributed by atoms with E-state index in [1.807, 2.05) is 38.1 Å². The molecule has 1 saturated heterocycles. The van der Waals surface area contributed by atoms with E-state index in [0.717, 1.165) is 31.5 Å². The van der Waals surface area contributed by atoms with Gasteiger partial charge in [0.05, 0.1) is 6.54 Å². The van der Waals surface area contributed by atoms with Crippen LogP contribution >= 0.6 is 0 Å². The Kier molecular flexibility index (Phi) is 7.78. The van der Waals surface area contributed by atoms with Crippen LogP contribution in [0.5, 0.6) is 0 Å². The van der Waals surface area contributed by atoms with E-state index >= 15 is 0 Å². The Morgan fingerprint density at radius 3 is 2.45 bits per heavy atom. The Morgan fingerprint density at radius 1 is 1.00 bits per heavy atom. The normalized spacial score (nSPS) is 14.6. The molecule has 7 heteroatoms. The summed E-state index contributed by atoms with van der Waals surface area (Å²) in [7, 11) is 0. The fourth-order valence-electron chi connectivity index (χ4n) is 3.73. The Morgan fingerprint density at radius 2 is 1.74 bits per heavy atom. The van der Waals surface area contributed by atoms with Gasteiger partial charge in [0.2, 0.25) is 5.91 Å². The topological polar surface area (TPSA) is 90.5 Å². The molecule has 0 radical (unpaired) electrons.